The van der Waals surface area contributed by atoms with E-state index in [1.807, 2.05) is 6.92 Å². The van der Waals surface area contributed by atoms with Gasteiger partial charge in [-0.25, -0.2) is 4.79 Å². The first-order valence-electron chi connectivity index (χ1n) is 6.65. The average Bonchev–Trinajstić information content (AvgIpc) is 2.97. The molecule has 6 nitrogen and oxygen atoms in total. The third-order valence-electron chi connectivity index (χ3n) is 4.34. The lowest BCUT2D eigenvalue weighted by Crippen LogP contribution is -2.51. The minimum atomic E-state index is -0.362. The predicted octanol–water partition coefficient (Wildman–Crippen LogP) is 1.14. The fourth-order valence-electron chi connectivity index (χ4n) is 3.06. The molecule has 0 unspecified atom stereocenters. The molecule has 6 heteroatoms. The molecule has 0 spiro atoms. The largest absolute Gasteiger partial charge is 0.366 e. The number of imide groups is 1. The number of benzene rings is 1. The Labute approximate surface area is 117 Å². The van der Waals surface area contributed by atoms with Crippen LogP contribution in [0.3, 0.4) is 0 Å². The minimum Gasteiger partial charge on any atom is -0.366 e. The Morgan fingerprint density at radius 2 is 1.85 bits per heavy atom. The molecule has 0 saturated heterocycles. The van der Waals surface area contributed by atoms with E-state index in [1.54, 1.807) is 11.9 Å². The standard InChI is InChI=1S/C14H18N4O2/c1-14(18(2)13(20)17-8-19)5-9-3-11-12(16-7-15-11)4-10(9)6-14/h3-4,8,15-16H,5-7H2,1-2H3,(H,17,19,20). The van der Waals surface area contributed by atoms with Crippen LogP contribution < -0.4 is 16.0 Å². The second kappa shape index (κ2) is 4.40. The summed E-state index contributed by atoms with van der Waals surface area (Å²) in [5.74, 6) is 0. The minimum absolute atomic E-state index is 0.301. The first-order valence-corrected chi connectivity index (χ1v) is 6.65. The molecule has 0 bridgehead atoms. The highest BCUT2D eigenvalue weighted by atomic mass is 16.2. The van der Waals surface area contributed by atoms with Gasteiger partial charge in [-0.2, -0.15) is 0 Å². The highest BCUT2D eigenvalue weighted by Crippen LogP contribution is 2.39. The van der Waals surface area contributed by atoms with Crippen molar-refractivity contribution in [3.63, 3.8) is 0 Å². The van der Waals surface area contributed by atoms with Crippen LogP contribution in [0, 0.1) is 0 Å². The van der Waals surface area contributed by atoms with E-state index in [0.717, 1.165) is 30.9 Å². The van der Waals surface area contributed by atoms with E-state index in [1.165, 1.54) is 11.1 Å². The van der Waals surface area contributed by atoms with E-state index in [9.17, 15) is 9.59 Å². The van der Waals surface area contributed by atoms with Gasteiger partial charge < -0.3 is 15.5 Å². The van der Waals surface area contributed by atoms with Crippen LogP contribution in [-0.4, -0.2) is 36.6 Å². The number of amides is 3. The third kappa shape index (κ3) is 1.88. The maximum Gasteiger partial charge on any atom is 0.324 e. The van der Waals surface area contributed by atoms with E-state index in [4.69, 9.17) is 0 Å². The van der Waals surface area contributed by atoms with Crippen molar-refractivity contribution in [3.05, 3.63) is 23.3 Å². The van der Waals surface area contributed by atoms with Crippen molar-refractivity contribution in [1.82, 2.24) is 10.2 Å². The van der Waals surface area contributed by atoms with Crippen molar-refractivity contribution in [2.45, 2.75) is 25.3 Å². The number of carbonyl (C=O) groups is 2. The summed E-state index contributed by atoms with van der Waals surface area (Å²) in [7, 11) is 1.73. The van der Waals surface area contributed by atoms with Gasteiger partial charge in [0.1, 0.15) is 0 Å². The molecule has 0 saturated carbocycles. The number of fused-ring (bicyclic) bond motifs is 2. The Balaban J connectivity index is 1.85. The van der Waals surface area contributed by atoms with Crippen LogP contribution in [0.4, 0.5) is 16.2 Å². The van der Waals surface area contributed by atoms with E-state index in [-0.39, 0.29) is 11.6 Å². The Kier molecular flexibility index (Phi) is 2.81. The topological polar surface area (TPSA) is 73.5 Å². The van der Waals surface area contributed by atoms with E-state index >= 15 is 0 Å². The Morgan fingerprint density at radius 3 is 2.35 bits per heavy atom. The van der Waals surface area contributed by atoms with Crippen molar-refractivity contribution >= 4 is 23.8 Å². The maximum absolute atomic E-state index is 11.8. The van der Waals surface area contributed by atoms with Gasteiger partial charge in [-0.15, -0.1) is 0 Å². The van der Waals surface area contributed by atoms with Gasteiger partial charge in [-0.05, 0) is 43.0 Å². The smallest absolute Gasteiger partial charge is 0.324 e. The van der Waals surface area contributed by atoms with Crippen LogP contribution >= 0.6 is 0 Å². The van der Waals surface area contributed by atoms with E-state index in [2.05, 4.69) is 28.1 Å². The zero-order chi connectivity index (χ0) is 14.3. The molecule has 106 valence electrons. The van der Waals surface area contributed by atoms with Gasteiger partial charge in [0.25, 0.3) is 0 Å². The number of hydrogen-bond donors (Lipinski definition) is 3. The molecular weight excluding hydrogens is 256 g/mol. The molecule has 3 amide bonds. The normalized spacial score (nSPS) is 17.5. The van der Waals surface area contributed by atoms with Crippen LogP contribution in [-0.2, 0) is 17.6 Å². The van der Waals surface area contributed by atoms with Crippen molar-refractivity contribution in [2.75, 3.05) is 24.3 Å². The van der Waals surface area contributed by atoms with E-state index < -0.39 is 0 Å². The van der Waals surface area contributed by atoms with Gasteiger partial charge >= 0.3 is 6.03 Å². The van der Waals surface area contributed by atoms with Crippen molar-refractivity contribution < 1.29 is 9.59 Å². The van der Waals surface area contributed by atoms with Crippen LogP contribution in [0.2, 0.25) is 0 Å². The first-order chi connectivity index (χ1) is 9.53. The van der Waals surface area contributed by atoms with Gasteiger partial charge in [0.15, 0.2) is 0 Å². The molecule has 0 aromatic heterocycles. The van der Waals surface area contributed by atoms with Crippen LogP contribution in [0.5, 0.6) is 0 Å². The van der Waals surface area contributed by atoms with Gasteiger partial charge in [0.2, 0.25) is 6.41 Å². The van der Waals surface area contributed by atoms with Crippen LogP contribution in [0.15, 0.2) is 12.1 Å². The lowest BCUT2D eigenvalue weighted by atomic mass is 9.97. The SMILES string of the molecule is CN(C(=O)NC=O)C1(C)Cc2cc3c(cc2C1)NCN3. The molecule has 3 N–H and O–H groups in total. The summed E-state index contributed by atoms with van der Waals surface area (Å²) in [6, 6.07) is 3.95. The lowest BCUT2D eigenvalue weighted by Gasteiger charge is -2.34. The molecule has 0 atom stereocenters. The monoisotopic (exact) mass is 274 g/mol. The van der Waals surface area contributed by atoms with Gasteiger partial charge in [-0.3, -0.25) is 10.1 Å². The highest BCUT2D eigenvalue weighted by Gasteiger charge is 2.39. The molecule has 1 aliphatic heterocycles. The lowest BCUT2D eigenvalue weighted by molar-refractivity contribution is -0.108. The third-order valence-corrected chi connectivity index (χ3v) is 4.34. The first kappa shape index (κ1) is 12.8. The van der Waals surface area contributed by atoms with Gasteiger partial charge in [0, 0.05) is 12.6 Å². The number of hydrogen-bond acceptors (Lipinski definition) is 4. The highest BCUT2D eigenvalue weighted by molar-refractivity contribution is 5.85. The fourth-order valence-corrected chi connectivity index (χ4v) is 3.06. The molecule has 1 heterocycles. The summed E-state index contributed by atoms with van der Waals surface area (Å²) in [5.41, 5.74) is 4.45. The summed E-state index contributed by atoms with van der Waals surface area (Å²) in [6.45, 7) is 2.81. The summed E-state index contributed by atoms with van der Waals surface area (Å²) in [6.07, 6.45) is 2.01. The number of nitrogens with zero attached hydrogens (tertiary/aromatic N) is 1. The predicted molar refractivity (Wildman–Crippen MR) is 76.7 cm³/mol. The second-order valence-corrected chi connectivity index (χ2v) is 5.67. The van der Waals surface area contributed by atoms with Gasteiger partial charge in [0.05, 0.1) is 18.0 Å². The number of carbonyl (C=O) groups excluding carboxylic acids is 2. The number of rotatable bonds is 2. The fraction of sp³-hybridized carbons (Fsp3) is 0.429. The summed E-state index contributed by atoms with van der Waals surface area (Å²) >= 11 is 0. The molecule has 0 radical (unpaired) electrons. The molecule has 1 aromatic carbocycles. The second-order valence-electron chi connectivity index (χ2n) is 5.67. The molecule has 20 heavy (non-hydrogen) atoms. The summed E-state index contributed by atoms with van der Waals surface area (Å²) in [5, 5.41) is 8.76. The van der Waals surface area contributed by atoms with Crippen LogP contribution in [0.25, 0.3) is 0 Å². The summed E-state index contributed by atoms with van der Waals surface area (Å²) < 4.78 is 0. The molecule has 0 fully saturated rings. The summed E-state index contributed by atoms with van der Waals surface area (Å²) in [4.78, 5) is 23.9. The van der Waals surface area contributed by atoms with Crippen LogP contribution in [0.1, 0.15) is 18.1 Å². The zero-order valence-corrected chi connectivity index (χ0v) is 11.6. The zero-order valence-electron chi connectivity index (χ0n) is 11.6. The quantitative estimate of drug-likeness (QED) is 0.707. The number of anilines is 2. The maximum atomic E-state index is 11.8. The Bertz CT molecular complexity index is 552. The number of nitrogens with one attached hydrogen (secondary N) is 3. The number of urea groups is 1. The number of likely N-dealkylation sites (N-methyl/N-ethyl adjacent to an activating group) is 1. The Morgan fingerprint density at radius 1 is 1.30 bits per heavy atom. The van der Waals surface area contributed by atoms with Gasteiger partial charge in [-0.1, -0.05) is 0 Å². The molecule has 1 aromatic rings. The molecular formula is C14H18N4O2. The molecule has 2 aliphatic rings. The van der Waals surface area contributed by atoms with E-state index in [0.29, 0.717) is 6.41 Å². The molecule has 1 aliphatic carbocycles. The molecule has 3 rings (SSSR count). The van der Waals surface area contributed by atoms with Crippen molar-refractivity contribution in [1.29, 1.82) is 0 Å². The van der Waals surface area contributed by atoms with Crippen molar-refractivity contribution in [3.8, 4) is 0 Å². The average molecular weight is 274 g/mol. The van der Waals surface area contributed by atoms with Crippen molar-refractivity contribution in [2.24, 2.45) is 0 Å². The Hall–Kier alpha value is -2.24.